The number of fused-ring (bicyclic) bond motifs is 1. The Morgan fingerprint density at radius 1 is 1.19 bits per heavy atom. The Bertz CT molecular complexity index is 1150. The van der Waals surface area contributed by atoms with Crippen LogP contribution in [0.25, 0.3) is 0 Å². The number of carboxylic acids is 1. The molecule has 9 nitrogen and oxygen atoms in total. The summed E-state index contributed by atoms with van der Waals surface area (Å²) in [5, 5.41) is 25.2. The van der Waals surface area contributed by atoms with Crippen LogP contribution in [0.2, 0.25) is 0 Å². The van der Waals surface area contributed by atoms with Crippen molar-refractivity contribution < 1.29 is 29.0 Å². The third-order valence-corrected chi connectivity index (χ3v) is 8.06. The summed E-state index contributed by atoms with van der Waals surface area (Å²) in [5.41, 5.74) is 0.757. The number of benzene rings is 1. The van der Waals surface area contributed by atoms with Gasteiger partial charge in [-0.05, 0) is 63.9 Å². The highest BCUT2D eigenvalue weighted by Crippen LogP contribution is 2.44. The van der Waals surface area contributed by atoms with Gasteiger partial charge in [0.1, 0.15) is 17.6 Å². The summed E-state index contributed by atoms with van der Waals surface area (Å²) in [7, 11) is 1.43. The minimum atomic E-state index is -0.815. The van der Waals surface area contributed by atoms with Crippen molar-refractivity contribution in [2.24, 2.45) is 17.3 Å². The molecule has 0 unspecified atom stereocenters. The van der Waals surface area contributed by atoms with Crippen molar-refractivity contribution in [1.82, 2.24) is 10.6 Å². The van der Waals surface area contributed by atoms with Crippen molar-refractivity contribution in [2.45, 2.75) is 70.9 Å². The van der Waals surface area contributed by atoms with Crippen LogP contribution in [0.5, 0.6) is 11.5 Å². The topological polar surface area (TPSA) is 138 Å². The Kier molecular flexibility index (Phi) is 7.76. The number of rotatable bonds is 9. The van der Waals surface area contributed by atoms with Gasteiger partial charge in [-0.25, -0.2) is 0 Å². The van der Waals surface area contributed by atoms with E-state index in [1.54, 1.807) is 6.92 Å². The fourth-order valence-electron chi connectivity index (χ4n) is 5.74. The van der Waals surface area contributed by atoms with Crippen molar-refractivity contribution in [3.63, 3.8) is 0 Å². The summed E-state index contributed by atoms with van der Waals surface area (Å²) in [4.78, 5) is 37.9. The van der Waals surface area contributed by atoms with Crippen molar-refractivity contribution in [1.29, 1.82) is 5.26 Å². The number of ether oxygens (including phenoxy) is 2. The van der Waals surface area contributed by atoms with Crippen LogP contribution < -0.4 is 20.1 Å². The number of carbonyl (C=O) groups is 3. The third-order valence-electron chi connectivity index (χ3n) is 8.06. The smallest absolute Gasteiger partial charge is 0.309 e. The van der Waals surface area contributed by atoms with Crippen LogP contribution in [-0.4, -0.2) is 48.7 Å². The fourth-order valence-corrected chi connectivity index (χ4v) is 5.74. The van der Waals surface area contributed by atoms with Gasteiger partial charge in [-0.2, -0.15) is 5.26 Å². The first-order valence-corrected chi connectivity index (χ1v) is 13.0. The normalized spacial score (nSPS) is 28.1. The Morgan fingerprint density at radius 2 is 1.92 bits per heavy atom. The molecule has 0 radical (unpaired) electrons. The molecule has 3 aliphatic rings. The fraction of sp³-hybridized carbons (Fsp3) is 0.571. The molecule has 3 atom stereocenters. The van der Waals surface area contributed by atoms with Crippen molar-refractivity contribution in [3.05, 3.63) is 34.9 Å². The lowest BCUT2D eigenvalue weighted by Gasteiger charge is -2.34. The van der Waals surface area contributed by atoms with Gasteiger partial charge >= 0.3 is 5.97 Å². The molecule has 0 heterocycles. The van der Waals surface area contributed by atoms with Gasteiger partial charge in [-0.3, -0.25) is 14.4 Å². The molecule has 1 fully saturated rings. The second-order valence-electron chi connectivity index (χ2n) is 10.6. The molecule has 0 aromatic heterocycles. The summed E-state index contributed by atoms with van der Waals surface area (Å²) in [6.07, 6.45) is 6.46. The maximum atomic E-state index is 13.5. The van der Waals surface area contributed by atoms with E-state index in [9.17, 15) is 24.8 Å². The average Bonchev–Trinajstić information content (AvgIpc) is 3.50. The molecule has 0 saturated heterocycles. The largest absolute Gasteiger partial charge is 0.496 e. The molecule has 3 N–H and O–H groups in total. The van der Waals surface area contributed by atoms with Gasteiger partial charge in [-0.1, -0.05) is 18.6 Å². The highest BCUT2D eigenvalue weighted by Gasteiger charge is 2.46. The Balaban J connectivity index is 1.53. The maximum Gasteiger partial charge on any atom is 0.309 e. The summed E-state index contributed by atoms with van der Waals surface area (Å²) in [5.74, 6) is -1.05. The lowest BCUT2D eigenvalue weighted by Crippen LogP contribution is -2.49. The number of hydrogen-bond acceptors (Lipinski definition) is 6. The van der Waals surface area contributed by atoms with E-state index >= 15 is 0 Å². The van der Waals surface area contributed by atoms with Gasteiger partial charge < -0.3 is 25.2 Å². The maximum absolute atomic E-state index is 13.5. The van der Waals surface area contributed by atoms with E-state index in [0.717, 1.165) is 24.8 Å². The number of nitriles is 1. The first kappa shape index (κ1) is 26.5. The van der Waals surface area contributed by atoms with Gasteiger partial charge in [0, 0.05) is 12.6 Å². The summed E-state index contributed by atoms with van der Waals surface area (Å²) in [6, 6.07) is 4.77. The van der Waals surface area contributed by atoms with Crippen LogP contribution in [0.15, 0.2) is 23.8 Å². The number of carboxylic acid groups (broad SMARTS) is 1. The molecule has 4 rings (SSSR count). The number of aliphatic carboxylic acids is 1. The molecule has 3 aliphatic carbocycles. The quantitative estimate of drug-likeness (QED) is 0.433. The van der Waals surface area contributed by atoms with Crippen molar-refractivity contribution in [3.8, 4) is 17.6 Å². The van der Waals surface area contributed by atoms with E-state index in [2.05, 4.69) is 22.8 Å². The van der Waals surface area contributed by atoms with E-state index in [0.29, 0.717) is 32.2 Å². The molecule has 2 amide bonds. The lowest BCUT2D eigenvalue weighted by atomic mass is 9.75. The van der Waals surface area contributed by atoms with E-state index in [1.807, 2.05) is 6.92 Å². The summed E-state index contributed by atoms with van der Waals surface area (Å²) >= 11 is 0. The number of amides is 2. The van der Waals surface area contributed by atoms with Crippen LogP contribution in [0.4, 0.5) is 0 Å². The molecular weight excluding hydrogens is 474 g/mol. The first-order chi connectivity index (χ1) is 17.7. The van der Waals surface area contributed by atoms with Crippen LogP contribution in [0.3, 0.4) is 0 Å². The third kappa shape index (κ3) is 5.29. The lowest BCUT2D eigenvalue weighted by molar-refractivity contribution is -0.150. The predicted octanol–water partition coefficient (Wildman–Crippen LogP) is 3.57. The zero-order valence-corrected chi connectivity index (χ0v) is 21.6. The zero-order chi connectivity index (χ0) is 26.7. The minimum absolute atomic E-state index is 0.0675. The predicted molar refractivity (Wildman–Crippen MR) is 135 cm³/mol. The van der Waals surface area contributed by atoms with Gasteiger partial charge in [0.25, 0.3) is 5.91 Å². The van der Waals surface area contributed by atoms with E-state index in [-0.39, 0.29) is 52.5 Å². The number of carbonyl (C=O) groups excluding carboxylic acids is 2. The Morgan fingerprint density at radius 3 is 2.54 bits per heavy atom. The zero-order valence-electron chi connectivity index (χ0n) is 21.6. The molecule has 0 aliphatic heterocycles. The molecule has 1 saturated carbocycles. The highest BCUT2D eigenvalue weighted by atomic mass is 16.5. The summed E-state index contributed by atoms with van der Waals surface area (Å²) < 4.78 is 11.6. The monoisotopic (exact) mass is 509 g/mol. The number of nitrogens with zero attached hydrogens (tertiary/aromatic N) is 1. The molecule has 37 heavy (non-hydrogen) atoms. The standard InChI is InChI=1S/C28H35N3O6/c1-4-11-30-26(33)23-16-5-6-17(12-16)24(23)31-25(32)20-14-21(18(15-29)13-22(20)36-3)37-19-7-9-28(2,10-8-19)27(34)35/h12-14,17,19,23-24H,4-11H2,1-3H3,(H,30,33)(H,31,32)(H,34,35)/t17-,19?,23-,24+,28?/m0/s1. The summed E-state index contributed by atoms with van der Waals surface area (Å²) in [6.45, 7) is 4.32. The van der Waals surface area contributed by atoms with Gasteiger partial charge in [0.15, 0.2) is 0 Å². The van der Waals surface area contributed by atoms with Crippen molar-refractivity contribution in [2.75, 3.05) is 13.7 Å². The SMILES string of the molecule is CCCNC(=O)[C@H]1C2=C[C@H](CC2)[C@H]1NC(=O)c1cc(OC2CCC(C)(C(=O)O)CC2)c(C#N)cc1OC. The number of nitrogens with one attached hydrogen (secondary N) is 2. The van der Waals surface area contributed by atoms with E-state index in [1.165, 1.54) is 19.2 Å². The van der Waals surface area contributed by atoms with Crippen LogP contribution in [0.1, 0.15) is 74.7 Å². The molecule has 2 bridgehead atoms. The van der Waals surface area contributed by atoms with Crippen LogP contribution >= 0.6 is 0 Å². The molecule has 1 aromatic rings. The molecule has 0 spiro atoms. The van der Waals surface area contributed by atoms with Gasteiger partial charge in [0.2, 0.25) is 5.91 Å². The molecule has 9 heteroatoms. The van der Waals surface area contributed by atoms with Gasteiger partial charge in [-0.15, -0.1) is 0 Å². The van der Waals surface area contributed by atoms with Gasteiger partial charge in [0.05, 0.1) is 41.7 Å². The first-order valence-electron chi connectivity index (χ1n) is 13.0. The van der Waals surface area contributed by atoms with Crippen LogP contribution in [0, 0.1) is 28.6 Å². The second kappa shape index (κ2) is 10.8. The second-order valence-corrected chi connectivity index (χ2v) is 10.6. The average molecular weight is 510 g/mol. The van der Waals surface area contributed by atoms with E-state index in [4.69, 9.17) is 9.47 Å². The van der Waals surface area contributed by atoms with Crippen LogP contribution in [-0.2, 0) is 9.59 Å². The molecule has 1 aromatic carbocycles. The highest BCUT2D eigenvalue weighted by molar-refractivity contribution is 5.98. The molecule has 198 valence electrons. The van der Waals surface area contributed by atoms with E-state index < -0.39 is 17.3 Å². The Labute approximate surface area is 217 Å². The number of hydrogen-bond donors (Lipinski definition) is 3. The number of methoxy groups -OCH3 is 1. The Hall–Kier alpha value is -3.54. The molecular formula is C28H35N3O6. The minimum Gasteiger partial charge on any atom is -0.496 e. The van der Waals surface area contributed by atoms with Crippen molar-refractivity contribution >= 4 is 17.8 Å².